The highest BCUT2D eigenvalue weighted by atomic mass is 79.9. The van der Waals surface area contributed by atoms with E-state index in [0.717, 1.165) is 22.3 Å². The van der Waals surface area contributed by atoms with E-state index in [1.807, 2.05) is 29.9 Å². The second-order valence-corrected chi connectivity index (χ2v) is 5.07. The Kier molecular flexibility index (Phi) is 3.93. The average Bonchev–Trinajstić information content (AvgIpc) is 2.79. The van der Waals surface area contributed by atoms with E-state index in [1.54, 1.807) is 11.3 Å². The number of benzene rings is 1. The molecule has 0 atom stereocenters. The van der Waals surface area contributed by atoms with Gasteiger partial charge in [-0.05, 0) is 12.1 Å². The van der Waals surface area contributed by atoms with Gasteiger partial charge in [0.15, 0.2) is 0 Å². The molecule has 0 radical (unpaired) electrons. The number of thiazole rings is 1. The quantitative estimate of drug-likeness (QED) is 0.912. The van der Waals surface area contributed by atoms with Gasteiger partial charge in [0, 0.05) is 26.8 Å². The van der Waals surface area contributed by atoms with Crippen molar-refractivity contribution in [1.82, 2.24) is 4.98 Å². The van der Waals surface area contributed by atoms with Crippen molar-refractivity contribution in [2.75, 3.05) is 5.32 Å². The summed E-state index contributed by atoms with van der Waals surface area (Å²) in [7, 11) is 0. The van der Waals surface area contributed by atoms with Crippen molar-refractivity contribution in [2.45, 2.75) is 13.2 Å². The molecule has 0 spiro atoms. The van der Waals surface area contributed by atoms with Crippen molar-refractivity contribution in [1.29, 1.82) is 0 Å². The van der Waals surface area contributed by atoms with E-state index >= 15 is 0 Å². The van der Waals surface area contributed by atoms with E-state index in [0.29, 0.717) is 0 Å². The summed E-state index contributed by atoms with van der Waals surface area (Å²) < 4.78 is 0.921. The van der Waals surface area contributed by atoms with Gasteiger partial charge in [0.25, 0.3) is 0 Å². The number of nitrogens with zero attached hydrogens (tertiary/aromatic N) is 1. The highest BCUT2D eigenvalue weighted by Gasteiger charge is 2.05. The van der Waals surface area contributed by atoms with Crippen LogP contribution in [0.1, 0.15) is 10.4 Å². The Morgan fingerprint density at radius 3 is 3.00 bits per heavy atom. The van der Waals surface area contributed by atoms with Gasteiger partial charge in [0.2, 0.25) is 0 Å². The fourth-order valence-electron chi connectivity index (χ4n) is 1.40. The van der Waals surface area contributed by atoms with E-state index in [2.05, 4.69) is 26.2 Å². The number of nitrogens with one attached hydrogen (secondary N) is 1. The lowest BCUT2D eigenvalue weighted by Gasteiger charge is -2.10. The van der Waals surface area contributed by atoms with E-state index in [4.69, 9.17) is 0 Å². The van der Waals surface area contributed by atoms with Crippen LogP contribution in [0, 0.1) is 0 Å². The summed E-state index contributed by atoms with van der Waals surface area (Å²) in [5.41, 5.74) is 3.64. The summed E-state index contributed by atoms with van der Waals surface area (Å²) in [6.45, 7) is 0.751. The number of aliphatic hydroxyl groups excluding tert-OH is 1. The van der Waals surface area contributed by atoms with Crippen molar-refractivity contribution >= 4 is 33.0 Å². The van der Waals surface area contributed by atoms with Crippen LogP contribution in [-0.2, 0) is 13.2 Å². The Balaban J connectivity index is 2.12. The first kappa shape index (κ1) is 11.6. The molecule has 0 saturated carbocycles. The minimum atomic E-state index is 0.0203. The van der Waals surface area contributed by atoms with Crippen molar-refractivity contribution in [2.24, 2.45) is 0 Å². The van der Waals surface area contributed by atoms with Crippen LogP contribution in [0.4, 0.5) is 5.69 Å². The first-order valence-corrected chi connectivity index (χ1v) is 6.48. The Labute approximate surface area is 106 Å². The molecular formula is C11H11BrN2OS. The van der Waals surface area contributed by atoms with Crippen LogP contribution in [-0.4, -0.2) is 10.1 Å². The molecule has 3 nitrogen and oxygen atoms in total. The molecule has 0 bridgehead atoms. The van der Waals surface area contributed by atoms with E-state index in [1.165, 1.54) is 4.88 Å². The molecule has 1 heterocycles. The van der Waals surface area contributed by atoms with Crippen molar-refractivity contribution in [3.05, 3.63) is 44.8 Å². The number of anilines is 1. The zero-order valence-electron chi connectivity index (χ0n) is 8.48. The molecule has 2 rings (SSSR count). The molecule has 1 aromatic heterocycles. The number of hydrogen-bond donors (Lipinski definition) is 2. The zero-order chi connectivity index (χ0) is 11.4. The molecule has 0 aliphatic carbocycles. The van der Waals surface area contributed by atoms with Gasteiger partial charge < -0.3 is 10.4 Å². The zero-order valence-corrected chi connectivity index (χ0v) is 10.9. The first-order valence-electron chi connectivity index (χ1n) is 4.80. The van der Waals surface area contributed by atoms with Gasteiger partial charge >= 0.3 is 0 Å². The average molecular weight is 299 g/mol. The first-order chi connectivity index (χ1) is 7.81. The smallest absolute Gasteiger partial charge is 0.0794 e. The van der Waals surface area contributed by atoms with Crippen LogP contribution in [0.2, 0.25) is 0 Å². The van der Waals surface area contributed by atoms with Crippen molar-refractivity contribution < 1.29 is 5.11 Å². The molecule has 1 aromatic carbocycles. The topological polar surface area (TPSA) is 45.1 Å². The van der Waals surface area contributed by atoms with Gasteiger partial charge in [0.05, 0.1) is 18.7 Å². The molecule has 0 unspecified atom stereocenters. The lowest BCUT2D eigenvalue weighted by Crippen LogP contribution is -2.01. The van der Waals surface area contributed by atoms with Crippen LogP contribution >= 0.6 is 27.3 Å². The number of rotatable bonds is 4. The number of hydrogen-bond acceptors (Lipinski definition) is 4. The third-order valence-electron chi connectivity index (χ3n) is 2.21. The molecule has 2 N–H and O–H groups in total. The molecule has 0 fully saturated rings. The number of aromatic nitrogens is 1. The third kappa shape index (κ3) is 2.61. The molecule has 2 aromatic rings. The fraction of sp³-hybridized carbons (Fsp3) is 0.182. The van der Waals surface area contributed by atoms with Crippen molar-refractivity contribution in [3.63, 3.8) is 0 Å². The molecule has 16 heavy (non-hydrogen) atoms. The summed E-state index contributed by atoms with van der Waals surface area (Å²) in [4.78, 5) is 5.18. The third-order valence-corrected chi connectivity index (χ3v) is 3.74. The van der Waals surface area contributed by atoms with Gasteiger partial charge in [-0.3, -0.25) is 4.98 Å². The van der Waals surface area contributed by atoms with E-state index in [9.17, 15) is 5.11 Å². The van der Waals surface area contributed by atoms with Crippen molar-refractivity contribution in [3.8, 4) is 0 Å². The molecule has 0 aliphatic rings. The van der Waals surface area contributed by atoms with Crippen LogP contribution in [0.25, 0.3) is 0 Å². The number of halogens is 1. The van der Waals surface area contributed by atoms with Gasteiger partial charge in [-0.15, -0.1) is 11.3 Å². The maximum absolute atomic E-state index is 9.28. The van der Waals surface area contributed by atoms with Crippen LogP contribution < -0.4 is 5.32 Å². The second kappa shape index (κ2) is 5.43. The van der Waals surface area contributed by atoms with Crippen LogP contribution in [0.3, 0.4) is 0 Å². The Morgan fingerprint density at radius 2 is 2.31 bits per heavy atom. The molecule has 0 saturated heterocycles. The standard InChI is InChI=1S/C11H11BrN2OS/c12-10-2-1-3-11(9(10)6-15)14-5-8-4-13-7-16-8/h1-4,7,14-15H,5-6H2. The summed E-state index contributed by atoms with van der Waals surface area (Å²) in [6.07, 6.45) is 1.84. The van der Waals surface area contributed by atoms with Gasteiger partial charge in [-0.1, -0.05) is 22.0 Å². The summed E-state index contributed by atoms with van der Waals surface area (Å²) in [6, 6.07) is 5.82. The number of aliphatic hydroxyl groups is 1. The predicted molar refractivity (Wildman–Crippen MR) is 69.5 cm³/mol. The Bertz CT molecular complexity index is 459. The van der Waals surface area contributed by atoms with Gasteiger partial charge in [-0.2, -0.15) is 0 Å². The molecular weight excluding hydrogens is 288 g/mol. The lowest BCUT2D eigenvalue weighted by atomic mass is 10.2. The molecule has 84 valence electrons. The predicted octanol–water partition coefficient (Wildman–Crippen LogP) is 3.01. The van der Waals surface area contributed by atoms with E-state index in [-0.39, 0.29) is 6.61 Å². The minimum absolute atomic E-state index is 0.0203. The van der Waals surface area contributed by atoms with Gasteiger partial charge in [-0.25, -0.2) is 0 Å². The highest BCUT2D eigenvalue weighted by Crippen LogP contribution is 2.25. The highest BCUT2D eigenvalue weighted by molar-refractivity contribution is 9.10. The van der Waals surface area contributed by atoms with Crippen LogP contribution in [0.15, 0.2) is 34.4 Å². The Morgan fingerprint density at radius 1 is 1.44 bits per heavy atom. The fourth-order valence-corrected chi connectivity index (χ4v) is 2.42. The molecule has 5 heteroatoms. The lowest BCUT2D eigenvalue weighted by molar-refractivity contribution is 0.281. The Hall–Kier alpha value is -0.910. The maximum Gasteiger partial charge on any atom is 0.0794 e. The maximum atomic E-state index is 9.28. The summed E-state index contributed by atoms with van der Waals surface area (Å²) >= 11 is 5.03. The second-order valence-electron chi connectivity index (χ2n) is 3.25. The normalized spacial score (nSPS) is 10.4. The summed E-state index contributed by atoms with van der Waals surface area (Å²) in [5.74, 6) is 0. The van der Waals surface area contributed by atoms with Crippen LogP contribution in [0.5, 0.6) is 0 Å². The van der Waals surface area contributed by atoms with Gasteiger partial charge in [0.1, 0.15) is 0 Å². The monoisotopic (exact) mass is 298 g/mol. The molecule has 0 aliphatic heterocycles. The van der Waals surface area contributed by atoms with E-state index < -0.39 is 0 Å². The molecule has 0 amide bonds. The minimum Gasteiger partial charge on any atom is -0.392 e. The SMILES string of the molecule is OCc1c(Br)cccc1NCc1cncs1. The largest absolute Gasteiger partial charge is 0.392 e. The summed E-state index contributed by atoms with van der Waals surface area (Å²) in [5, 5.41) is 12.6.